The third-order valence-electron chi connectivity index (χ3n) is 6.20. The number of nitrogens with two attached hydrogens (primary N) is 1. The number of hydrogen-bond donors (Lipinski definition) is 2. The molecule has 1 amide bonds. The molecule has 0 saturated heterocycles. The molecule has 2 saturated carbocycles. The third kappa shape index (κ3) is 4.01. The first-order chi connectivity index (χ1) is 13.5. The number of amides is 1. The molecule has 0 spiro atoms. The number of fused-ring (bicyclic) bond motifs is 2. The largest absolute Gasteiger partial charge is 0.353 e. The normalized spacial score (nSPS) is 24.4. The lowest BCUT2D eigenvalue weighted by molar-refractivity contribution is -0.119. The van der Waals surface area contributed by atoms with Gasteiger partial charge in [-0.1, -0.05) is 36.4 Å². The van der Waals surface area contributed by atoms with Gasteiger partial charge in [-0.05, 0) is 55.6 Å². The number of hydrogen-bond acceptors (Lipinski definition) is 5. The lowest BCUT2D eigenvalue weighted by Gasteiger charge is -2.28. The molecule has 150 valence electrons. The highest BCUT2D eigenvalue weighted by molar-refractivity contribution is 7.99. The van der Waals surface area contributed by atoms with Crippen LogP contribution < -0.4 is 11.2 Å². The molecule has 2 aromatic rings. The summed E-state index contributed by atoms with van der Waals surface area (Å²) in [4.78, 5) is 12.4. The molecule has 28 heavy (non-hydrogen) atoms. The summed E-state index contributed by atoms with van der Waals surface area (Å²) in [5, 5.41) is 11.7. The highest BCUT2D eigenvalue weighted by atomic mass is 32.2. The van der Waals surface area contributed by atoms with Crippen molar-refractivity contribution in [2.24, 2.45) is 17.8 Å². The summed E-state index contributed by atoms with van der Waals surface area (Å²) >= 11 is 1.25. The van der Waals surface area contributed by atoms with E-state index in [1.165, 1.54) is 48.2 Å². The highest BCUT2D eigenvalue weighted by Gasteiger charge is 2.42. The zero-order chi connectivity index (χ0) is 19.7. The van der Waals surface area contributed by atoms with Gasteiger partial charge < -0.3 is 11.2 Å². The minimum absolute atomic E-state index is 0.0149. The molecule has 2 aliphatic rings. The van der Waals surface area contributed by atoms with Crippen molar-refractivity contribution in [1.29, 1.82) is 0 Å². The third-order valence-corrected chi connectivity index (χ3v) is 7.14. The molecule has 2 aliphatic carbocycles. The molecule has 6 nitrogen and oxygen atoms in total. The van der Waals surface area contributed by atoms with Crippen molar-refractivity contribution < 1.29 is 9.18 Å². The maximum Gasteiger partial charge on any atom is 0.230 e. The lowest BCUT2D eigenvalue weighted by Crippen LogP contribution is -2.41. The first kappa shape index (κ1) is 19.2. The van der Waals surface area contributed by atoms with Crippen LogP contribution in [0.2, 0.25) is 0 Å². The summed E-state index contributed by atoms with van der Waals surface area (Å²) in [6, 6.07) is 6.72. The second kappa shape index (κ2) is 8.11. The molecule has 1 heterocycles. The summed E-state index contributed by atoms with van der Waals surface area (Å²) in [7, 11) is 0. The fourth-order valence-electron chi connectivity index (χ4n) is 4.78. The van der Waals surface area contributed by atoms with E-state index in [1.54, 1.807) is 18.2 Å². The van der Waals surface area contributed by atoms with Crippen LogP contribution in [0.4, 0.5) is 4.39 Å². The van der Waals surface area contributed by atoms with Gasteiger partial charge in [0.25, 0.3) is 0 Å². The van der Waals surface area contributed by atoms with Crippen LogP contribution in [-0.4, -0.2) is 32.6 Å². The number of rotatable bonds is 7. The molecule has 1 aromatic carbocycles. The van der Waals surface area contributed by atoms with Gasteiger partial charge in [0.2, 0.25) is 11.1 Å². The Morgan fingerprint density at radius 1 is 1.36 bits per heavy atom. The average molecular weight is 404 g/mol. The summed E-state index contributed by atoms with van der Waals surface area (Å²) < 4.78 is 15.2. The molecule has 0 radical (unpaired) electrons. The minimum Gasteiger partial charge on any atom is -0.353 e. The Labute approximate surface area is 168 Å². The topological polar surface area (TPSA) is 85.8 Å². The van der Waals surface area contributed by atoms with Gasteiger partial charge in [0.15, 0.2) is 5.82 Å². The Bertz CT molecular complexity index is 857. The fraction of sp³-hybridized carbons (Fsp3) is 0.550. The van der Waals surface area contributed by atoms with Gasteiger partial charge in [-0.2, -0.15) is 0 Å². The van der Waals surface area contributed by atoms with Crippen molar-refractivity contribution in [1.82, 2.24) is 20.2 Å². The minimum atomic E-state index is -0.298. The van der Waals surface area contributed by atoms with Gasteiger partial charge in [0, 0.05) is 12.5 Å². The number of thioether (sulfide) groups is 1. The maximum atomic E-state index is 13.8. The lowest BCUT2D eigenvalue weighted by atomic mass is 9.84. The zero-order valence-corrected chi connectivity index (χ0v) is 16.8. The van der Waals surface area contributed by atoms with Crippen molar-refractivity contribution in [3.63, 3.8) is 0 Å². The van der Waals surface area contributed by atoms with Gasteiger partial charge in [0.1, 0.15) is 5.82 Å². The number of benzene rings is 1. The van der Waals surface area contributed by atoms with Crippen LogP contribution in [0.25, 0.3) is 0 Å². The number of nitrogens with one attached hydrogen (secondary N) is 1. The van der Waals surface area contributed by atoms with Crippen LogP contribution in [0.3, 0.4) is 0 Å². The summed E-state index contributed by atoms with van der Waals surface area (Å²) in [6.45, 7) is 2.12. The van der Waals surface area contributed by atoms with Gasteiger partial charge in [0.05, 0.1) is 5.75 Å². The van der Waals surface area contributed by atoms with Gasteiger partial charge in [-0.3, -0.25) is 4.79 Å². The number of carbonyl (C=O) groups excluding carboxylic acids is 1. The number of aromatic nitrogens is 3. The van der Waals surface area contributed by atoms with Crippen molar-refractivity contribution in [2.45, 2.75) is 50.2 Å². The van der Waals surface area contributed by atoms with E-state index in [-0.39, 0.29) is 29.9 Å². The van der Waals surface area contributed by atoms with Crippen molar-refractivity contribution in [3.05, 3.63) is 41.5 Å². The first-order valence-corrected chi connectivity index (χ1v) is 10.8. The van der Waals surface area contributed by atoms with E-state index in [0.717, 1.165) is 11.8 Å². The van der Waals surface area contributed by atoms with E-state index in [9.17, 15) is 9.18 Å². The summed E-state index contributed by atoms with van der Waals surface area (Å²) in [5.41, 5.74) is 0.510. The SMILES string of the molecule is C[C@@H](NC(=O)CSc1nnc(Cc2ccccc2F)n1N)[C@@H]1C[C@H]2CC[C@H]1C2. The second-order valence-electron chi connectivity index (χ2n) is 8.02. The molecule has 3 N–H and O–H groups in total. The Kier molecular flexibility index (Phi) is 5.57. The van der Waals surface area contributed by atoms with Crippen LogP contribution in [-0.2, 0) is 11.2 Å². The molecular weight excluding hydrogens is 377 g/mol. The molecule has 1 aromatic heterocycles. The molecule has 2 fully saturated rings. The Hall–Kier alpha value is -2.09. The number of nitrogens with zero attached hydrogens (tertiary/aromatic N) is 3. The van der Waals surface area contributed by atoms with E-state index in [0.29, 0.717) is 22.5 Å². The van der Waals surface area contributed by atoms with Gasteiger partial charge in [-0.15, -0.1) is 10.2 Å². The van der Waals surface area contributed by atoms with Gasteiger partial charge in [-0.25, -0.2) is 9.07 Å². The molecular formula is C20H26FN5OS. The highest BCUT2D eigenvalue weighted by Crippen LogP contribution is 2.49. The summed E-state index contributed by atoms with van der Waals surface area (Å²) in [6.07, 6.45) is 5.51. The van der Waals surface area contributed by atoms with Crippen LogP contribution in [0, 0.1) is 23.6 Å². The Morgan fingerprint density at radius 3 is 2.89 bits per heavy atom. The molecule has 2 bridgehead atoms. The molecule has 4 rings (SSSR count). The average Bonchev–Trinajstić information content (AvgIpc) is 3.39. The number of carbonyl (C=O) groups is 1. The quantitative estimate of drug-likeness (QED) is 0.548. The van der Waals surface area contributed by atoms with Crippen LogP contribution in [0.1, 0.15) is 44.0 Å². The predicted octanol–water partition coefficient (Wildman–Crippen LogP) is 2.75. The van der Waals surface area contributed by atoms with Crippen molar-refractivity contribution >= 4 is 17.7 Å². The van der Waals surface area contributed by atoms with Gasteiger partial charge >= 0.3 is 0 Å². The fourth-order valence-corrected chi connectivity index (χ4v) is 5.46. The van der Waals surface area contributed by atoms with Crippen LogP contribution in [0.15, 0.2) is 29.4 Å². The van der Waals surface area contributed by atoms with E-state index >= 15 is 0 Å². The molecule has 0 aliphatic heterocycles. The van der Waals surface area contributed by atoms with Crippen LogP contribution in [0.5, 0.6) is 0 Å². The first-order valence-electron chi connectivity index (χ1n) is 9.86. The van der Waals surface area contributed by atoms with E-state index < -0.39 is 0 Å². The number of halogens is 1. The van der Waals surface area contributed by atoms with E-state index in [1.807, 2.05) is 0 Å². The molecule has 8 heteroatoms. The smallest absolute Gasteiger partial charge is 0.230 e. The molecule has 4 atom stereocenters. The summed E-state index contributed by atoms with van der Waals surface area (Å²) in [5.74, 6) is 8.69. The monoisotopic (exact) mass is 403 g/mol. The second-order valence-corrected chi connectivity index (χ2v) is 8.96. The standard InChI is InChI=1S/C20H26FN5OS/c1-12(16-9-13-6-7-14(16)8-13)23-19(27)11-28-20-25-24-18(26(20)22)10-15-4-2-3-5-17(15)21/h2-5,12-14,16H,6-11,22H2,1H3,(H,23,27)/t12-,13+,14+,16+/m1/s1. The van der Waals surface area contributed by atoms with E-state index in [2.05, 4.69) is 22.4 Å². The van der Waals surface area contributed by atoms with Crippen LogP contribution >= 0.6 is 11.8 Å². The Morgan fingerprint density at radius 2 is 2.18 bits per heavy atom. The van der Waals surface area contributed by atoms with Crippen molar-refractivity contribution in [2.75, 3.05) is 11.6 Å². The molecule has 0 unspecified atom stereocenters. The predicted molar refractivity (Wildman–Crippen MR) is 107 cm³/mol. The van der Waals surface area contributed by atoms with Crippen molar-refractivity contribution in [3.8, 4) is 0 Å². The Balaban J connectivity index is 1.29. The zero-order valence-electron chi connectivity index (χ0n) is 16.0. The maximum absolute atomic E-state index is 13.8. The number of nitrogen functional groups attached to an aromatic ring is 1. The van der Waals surface area contributed by atoms with E-state index in [4.69, 9.17) is 5.84 Å².